The van der Waals surface area contributed by atoms with E-state index in [1.807, 2.05) is 6.92 Å². The van der Waals surface area contributed by atoms with E-state index in [4.69, 9.17) is 11.6 Å². The van der Waals surface area contributed by atoms with E-state index in [1.165, 1.54) is 23.5 Å². The number of pyridine rings is 1. The summed E-state index contributed by atoms with van der Waals surface area (Å²) < 4.78 is 42.6. The quantitative estimate of drug-likeness (QED) is 0.244. The number of nitrogens with zero attached hydrogens (tertiary/aromatic N) is 3. The van der Waals surface area contributed by atoms with E-state index in [9.17, 15) is 22.9 Å². The van der Waals surface area contributed by atoms with Crippen molar-refractivity contribution in [1.29, 1.82) is 0 Å². The Morgan fingerprint density at radius 3 is 2.48 bits per heavy atom. The summed E-state index contributed by atoms with van der Waals surface area (Å²) in [5, 5.41) is 13.9. The second-order valence-electron chi connectivity index (χ2n) is 6.80. The first kappa shape index (κ1) is 23.1. The lowest BCUT2D eigenvalue weighted by Gasteiger charge is -2.32. The molecule has 0 spiro atoms. The Bertz CT molecular complexity index is 1200. The van der Waals surface area contributed by atoms with Gasteiger partial charge in [-0.1, -0.05) is 36.2 Å². The van der Waals surface area contributed by atoms with Crippen molar-refractivity contribution in [3.63, 3.8) is 0 Å². The molecule has 1 aromatic carbocycles. The molecule has 0 aliphatic rings. The maximum absolute atomic E-state index is 14.3. The van der Waals surface area contributed by atoms with E-state index in [0.717, 1.165) is 27.0 Å². The molecule has 3 rings (SSSR count). The number of sulfonamides is 1. The van der Waals surface area contributed by atoms with Gasteiger partial charge < -0.3 is 0 Å². The van der Waals surface area contributed by atoms with Crippen LogP contribution >= 0.6 is 22.9 Å². The number of aryl methyl sites for hydroxylation is 1. The van der Waals surface area contributed by atoms with Gasteiger partial charge in [0.15, 0.2) is 0 Å². The topological polar surface area (TPSA) is 93.4 Å². The first-order valence-electron chi connectivity index (χ1n) is 9.28. The van der Waals surface area contributed by atoms with Crippen molar-refractivity contribution in [2.75, 3.05) is 4.31 Å². The molecule has 2 aromatic heterocycles. The van der Waals surface area contributed by atoms with E-state index in [0.29, 0.717) is 11.4 Å². The summed E-state index contributed by atoms with van der Waals surface area (Å²) in [5.74, 6) is -1.35. The van der Waals surface area contributed by atoms with Gasteiger partial charge in [-0.05, 0) is 43.0 Å². The lowest BCUT2D eigenvalue weighted by atomic mass is 10.1. The Kier molecular flexibility index (Phi) is 6.93. The molecule has 0 radical (unpaired) electrons. The lowest BCUT2D eigenvalue weighted by molar-refractivity contribution is -0.387. The standard InChI is InChI=1S/C20H19ClFN3O4S2/c1-3-14(12-18-16(21)9-11-30-18)24(17-8-10-23-20(22)19(17)25(26)27)31(28,29)15-6-4-13(2)5-7-15/h4-11,14H,3,12H2,1-2H3/t14-/m1/s1. The number of benzene rings is 1. The molecule has 0 aliphatic carbocycles. The van der Waals surface area contributed by atoms with E-state index >= 15 is 0 Å². The lowest BCUT2D eigenvalue weighted by Crippen LogP contribution is -2.42. The Morgan fingerprint density at radius 1 is 1.26 bits per heavy atom. The highest BCUT2D eigenvalue weighted by Gasteiger charge is 2.37. The van der Waals surface area contributed by atoms with Gasteiger partial charge in [-0.3, -0.25) is 14.4 Å². The fraction of sp³-hybridized carbons (Fsp3) is 0.250. The third kappa shape index (κ3) is 4.70. The molecule has 164 valence electrons. The predicted octanol–water partition coefficient (Wildman–Crippen LogP) is 5.37. The molecule has 0 saturated heterocycles. The molecule has 0 saturated carbocycles. The Balaban J connectivity index is 2.24. The minimum atomic E-state index is -4.28. The van der Waals surface area contributed by atoms with Gasteiger partial charge in [0.2, 0.25) is 0 Å². The third-order valence-electron chi connectivity index (χ3n) is 4.77. The van der Waals surface area contributed by atoms with Gasteiger partial charge in [0.1, 0.15) is 5.69 Å². The van der Waals surface area contributed by atoms with Gasteiger partial charge in [0, 0.05) is 17.5 Å². The summed E-state index contributed by atoms with van der Waals surface area (Å²) in [5.41, 5.74) is -0.518. The normalized spacial score (nSPS) is 12.5. The van der Waals surface area contributed by atoms with E-state index < -0.39 is 32.6 Å². The number of nitro groups is 1. The Labute approximate surface area is 188 Å². The smallest absolute Gasteiger partial charge is 0.258 e. The maximum Gasteiger partial charge on any atom is 0.348 e. The van der Waals surface area contributed by atoms with Gasteiger partial charge in [-0.2, -0.15) is 4.39 Å². The van der Waals surface area contributed by atoms with Gasteiger partial charge in [-0.25, -0.2) is 13.4 Å². The summed E-state index contributed by atoms with van der Waals surface area (Å²) in [7, 11) is -4.28. The van der Waals surface area contributed by atoms with Crippen LogP contribution in [-0.4, -0.2) is 24.4 Å². The number of rotatable bonds is 8. The predicted molar refractivity (Wildman–Crippen MR) is 119 cm³/mol. The molecule has 0 fully saturated rings. The van der Waals surface area contributed by atoms with E-state index in [1.54, 1.807) is 30.5 Å². The molecule has 0 N–H and O–H groups in total. The van der Waals surface area contributed by atoms with Gasteiger partial charge in [0.05, 0.1) is 20.9 Å². The number of halogens is 2. The van der Waals surface area contributed by atoms with Crippen LogP contribution in [0, 0.1) is 23.0 Å². The summed E-state index contributed by atoms with van der Waals surface area (Å²) >= 11 is 7.57. The molecule has 0 bridgehead atoms. The van der Waals surface area contributed by atoms with E-state index in [-0.39, 0.29) is 17.0 Å². The number of thiophene rings is 1. The second kappa shape index (κ2) is 9.29. The zero-order valence-electron chi connectivity index (χ0n) is 16.7. The minimum Gasteiger partial charge on any atom is -0.258 e. The fourth-order valence-corrected chi connectivity index (χ4v) is 6.11. The molecule has 1 atom stereocenters. The Morgan fingerprint density at radius 2 is 1.94 bits per heavy atom. The highest BCUT2D eigenvalue weighted by molar-refractivity contribution is 7.92. The molecule has 31 heavy (non-hydrogen) atoms. The third-order valence-corrected chi connectivity index (χ3v) is 8.06. The second-order valence-corrected chi connectivity index (χ2v) is 10.0. The number of hydrogen-bond donors (Lipinski definition) is 0. The van der Waals surface area contributed by atoms with Gasteiger partial charge in [0.25, 0.3) is 16.0 Å². The van der Waals surface area contributed by atoms with Gasteiger partial charge >= 0.3 is 5.69 Å². The summed E-state index contributed by atoms with van der Waals surface area (Å²) in [6, 6.07) is 8.20. The summed E-state index contributed by atoms with van der Waals surface area (Å²) in [4.78, 5) is 14.7. The molecular weight excluding hydrogens is 465 g/mol. The maximum atomic E-state index is 14.3. The van der Waals surface area contributed by atoms with Crippen LogP contribution in [0.1, 0.15) is 23.8 Å². The van der Waals surface area contributed by atoms with Crippen molar-refractivity contribution in [3.05, 3.63) is 79.5 Å². The summed E-state index contributed by atoms with van der Waals surface area (Å²) in [6.45, 7) is 3.57. The average Bonchev–Trinajstić information content (AvgIpc) is 3.11. The SMILES string of the molecule is CC[C@H](Cc1sccc1Cl)N(c1ccnc(F)c1[N+](=O)[O-])S(=O)(=O)c1ccc(C)cc1. The molecule has 0 unspecified atom stereocenters. The first-order chi connectivity index (χ1) is 14.7. The van der Waals surface area contributed by atoms with Crippen molar-refractivity contribution < 1.29 is 17.7 Å². The number of anilines is 1. The van der Waals surface area contributed by atoms with Crippen LogP contribution in [-0.2, 0) is 16.4 Å². The summed E-state index contributed by atoms with van der Waals surface area (Å²) in [6.07, 6.45) is 1.53. The minimum absolute atomic E-state index is 0.0552. The van der Waals surface area contributed by atoms with Crippen LogP contribution in [0.4, 0.5) is 15.8 Å². The molecule has 2 heterocycles. The van der Waals surface area contributed by atoms with Crippen LogP contribution in [0.15, 0.2) is 52.9 Å². The zero-order chi connectivity index (χ0) is 22.8. The molecule has 11 heteroatoms. The highest BCUT2D eigenvalue weighted by atomic mass is 35.5. The Hall–Kier alpha value is -2.56. The van der Waals surface area contributed by atoms with Crippen LogP contribution < -0.4 is 4.31 Å². The van der Waals surface area contributed by atoms with E-state index in [2.05, 4.69) is 4.98 Å². The van der Waals surface area contributed by atoms with Gasteiger partial charge in [-0.15, -0.1) is 11.3 Å². The van der Waals surface area contributed by atoms with Crippen molar-refractivity contribution in [2.24, 2.45) is 0 Å². The number of aromatic nitrogens is 1. The largest absolute Gasteiger partial charge is 0.348 e. The average molecular weight is 484 g/mol. The van der Waals surface area contributed by atoms with Crippen LogP contribution in [0.25, 0.3) is 0 Å². The van der Waals surface area contributed by atoms with Crippen molar-refractivity contribution in [3.8, 4) is 0 Å². The van der Waals surface area contributed by atoms with Crippen molar-refractivity contribution >= 4 is 44.3 Å². The molecule has 3 aromatic rings. The van der Waals surface area contributed by atoms with Crippen LogP contribution in [0.3, 0.4) is 0 Å². The molecule has 7 nitrogen and oxygen atoms in total. The zero-order valence-corrected chi connectivity index (χ0v) is 19.0. The monoisotopic (exact) mass is 483 g/mol. The molecular formula is C20H19ClFN3O4S2. The number of hydrogen-bond acceptors (Lipinski definition) is 6. The molecule has 0 amide bonds. The highest BCUT2D eigenvalue weighted by Crippen LogP contribution is 2.37. The van der Waals surface area contributed by atoms with Crippen molar-refractivity contribution in [1.82, 2.24) is 4.98 Å². The molecule has 0 aliphatic heterocycles. The first-order valence-corrected chi connectivity index (χ1v) is 12.0. The van der Waals surface area contributed by atoms with Crippen LogP contribution in [0.2, 0.25) is 5.02 Å². The van der Waals surface area contributed by atoms with Crippen molar-refractivity contribution in [2.45, 2.75) is 37.6 Å². The van der Waals surface area contributed by atoms with Crippen LogP contribution in [0.5, 0.6) is 0 Å². The fourth-order valence-electron chi connectivity index (χ4n) is 3.19.